The van der Waals surface area contributed by atoms with Crippen molar-refractivity contribution in [3.05, 3.63) is 77.1 Å². The van der Waals surface area contributed by atoms with Gasteiger partial charge in [-0.15, -0.1) is 0 Å². The number of nitrogens with one attached hydrogen (secondary N) is 1. The molecule has 1 radical (unpaired) electrons. The van der Waals surface area contributed by atoms with Crippen molar-refractivity contribution in [2.24, 2.45) is 5.41 Å². The molecule has 0 unspecified atom stereocenters. The Hall–Kier alpha value is -3.09. The van der Waals surface area contributed by atoms with E-state index in [0.717, 1.165) is 38.6 Å². The maximum atomic E-state index is 12.4. The van der Waals surface area contributed by atoms with Crippen molar-refractivity contribution in [3.8, 4) is 0 Å². The number of benzene rings is 2. The number of carbonyl (C=O) groups is 2. The topological polar surface area (TPSA) is 72.0 Å². The summed E-state index contributed by atoms with van der Waals surface area (Å²) in [4.78, 5) is 31.6. The second kappa shape index (κ2) is 10.7. The standard InChI is InChI=1S/C17H16N2O.C10H13NO.Co/c1-17(2,3)16(20)13-9-8-12-7-6-11-5-4-10-18-14(11)15(12)19-13;1-7-4-8(2)10(11-6-12)9(3)5-7;/h4-10H,1-3H3;4-6H,1-3H3,(H,11,12);. The predicted molar refractivity (Wildman–Crippen MR) is 131 cm³/mol. The average molecular weight is 486 g/mol. The van der Waals surface area contributed by atoms with Crippen molar-refractivity contribution in [2.45, 2.75) is 41.5 Å². The molecule has 4 aromatic rings. The monoisotopic (exact) mass is 486 g/mol. The zero-order valence-electron chi connectivity index (χ0n) is 19.8. The average Bonchev–Trinajstić information content (AvgIpc) is 2.75. The Morgan fingerprint density at radius 3 is 2.06 bits per heavy atom. The molecule has 1 N–H and O–H groups in total. The van der Waals surface area contributed by atoms with E-state index in [1.807, 2.05) is 71.9 Å². The van der Waals surface area contributed by atoms with E-state index in [1.165, 1.54) is 5.56 Å². The first-order valence-electron chi connectivity index (χ1n) is 10.6. The van der Waals surface area contributed by atoms with Gasteiger partial charge in [-0.2, -0.15) is 0 Å². The number of anilines is 1. The van der Waals surface area contributed by atoms with E-state index in [-0.39, 0.29) is 22.6 Å². The van der Waals surface area contributed by atoms with Crippen LogP contribution < -0.4 is 5.32 Å². The minimum atomic E-state index is -0.432. The summed E-state index contributed by atoms with van der Waals surface area (Å²) in [5.41, 5.74) is 6.07. The number of amides is 1. The molecule has 4 rings (SSSR count). The number of Topliss-reactive ketones (excluding diaryl/α,β-unsaturated/α-hetero) is 1. The van der Waals surface area contributed by atoms with Crippen molar-refractivity contribution in [1.82, 2.24) is 9.97 Å². The molecule has 6 heteroatoms. The number of aryl methyl sites for hydroxylation is 3. The summed E-state index contributed by atoms with van der Waals surface area (Å²) in [6, 6.07) is 15.8. The Balaban J connectivity index is 0.000000257. The molecule has 33 heavy (non-hydrogen) atoms. The number of aromatic nitrogens is 2. The first-order valence-corrected chi connectivity index (χ1v) is 10.6. The Morgan fingerprint density at radius 2 is 1.48 bits per heavy atom. The summed E-state index contributed by atoms with van der Waals surface area (Å²) in [5.74, 6) is 0.0485. The quantitative estimate of drug-likeness (QED) is 0.213. The van der Waals surface area contributed by atoms with Crippen LogP contribution in [0.2, 0.25) is 0 Å². The Labute approximate surface area is 205 Å². The first kappa shape index (κ1) is 26.2. The minimum absolute atomic E-state index is 0. The van der Waals surface area contributed by atoms with E-state index in [0.29, 0.717) is 12.1 Å². The maximum Gasteiger partial charge on any atom is 0.211 e. The summed E-state index contributed by atoms with van der Waals surface area (Å²) < 4.78 is 0. The summed E-state index contributed by atoms with van der Waals surface area (Å²) in [7, 11) is 0. The Kier molecular flexibility index (Phi) is 8.47. The SMILES string of the molecule is CC(C)(C)C(=O)c1ccc2ccc3cccnc3c2n1.Cc1cc(C)c(NC=O)c(C)c1.[Co]. The van der Waals surface area contributed by atoms with Crippen LogP contribution in [0, 0.1) is 26.2 Å². The molecule has 0 bridgehead atoms. The van der Waals surface area contributed by atoms with Gasteiger partial charge in [0.05, 0.1) is 11.0 Å². The number of pyridine rings is 2. The van der Waals surface area contributed by atoms with Gasteiger partial charge >= 0.3 is 0 Å². The molecule has 0 aliphatic heterocycles. The number of hydrogen-bond donors (Lipinski definition) is 1. The second-order valence-electron chi connectivity index (χ2n) is 9.02. The number of nitrogens with zero attached hydrogens (tertiary/aromatic N) is 2. The fraction of sp³-hybridized carbons (Fsp3) is 0.259. The molecule has 0 saturated carbocycles. The van der Waals surface area contributed by atoms with Gasteiger partial charge < -0.3 is 5.32 Å². The summed E-state index contributed by atoms with van der Waals surface area (Å²) in [5, 5.41) is 4.73. The van der Waals surface area contributed by atoms with Gasteiger partial charge in [-0.25, -0.2) is 4.98 Å². The van der Waals surface area contributed by atoms with E-state index < -0.39 is 5.41 Å². The van der Waals surface area contributed by atoms with E-state index in [4.69, 9.17) is 0 Å². The smallest absolute Gasteiger partial charge is 0.211 e. The molecule has 1 amide bonds. The van der Waals surface area contributed by atoms with Crippen LogP contribution in [-0.2, 0) is 21.6 Å². The Bertz CT molecular complexity index is 1290. The molecule has 2 heterocycles. The summed E-state index contributed by atoms with van der Waals surface area (Å²) in [6.07, 6.45) is 2.46. The zero-order valence-corrected chi connectivity index (χ0v) is 20.9. The van der Waals surface area contributed by atoms with Crippen molar-refractivity contribution in [2.75, 3.05) is 5.32 Å². The molecule has 0 saturated heterocycles. The number of hydrogen-bond acceptors (Lipinski definition) is 4. The number of fused-ring (bicyclic) bond motifs is 3. The van der Waals surface area contributed by atoms with Crippen LogP contribution in [0.15, 0.2) is 54.7 Å². The van der Waals surface area contributed by atoms with Gasteiger partial charge in [0.1, 0.15) is 5.69 Å². The number of rotatable bonds is 3. The van der Waals surface area contributed by atoms with Crippen LogP contribution in [0.3, 0.4) is 0 Å². The molecule has 0 spiro atoms. The van der Waals surface area contributed by atoms with Crippen molar-refractivity contribution < 1.29 is 26.4 Å². The third-order valence-corrected chi connectivity index (χ3v) is 5.23. The zero-order chi connectivity index (χ0) is 23.5. The van der Waals surface area contributed by atoms with Crippen LogP contribution in [-0.4, -0.2) is 22.2 Å². The molecule has 2 aromatic carbocycles. The van der Waals surface area contributed by atoms with E-state index in [2.05, 4.69) is 27.4 Å². The summed E-state index contributed by atoms with van der Waals surface area (Å²) >= 11 is 0. The van der Waals surface area contributed by atoms with Crippen LogP contribution in [0.4, 0.5) is 5.69 Å². The minimum Gasteiger partial charge on any atom is -0.328 e. The molecule has 0 atom stereocenters. The van der Waals surface area contributed by atoms with E-state index >= 15 is 0 Å². The fourth-order valence-electron chi connectivity index (χ4n) is 3.70. The second-order valence-corrected chi connectivity index (χ2v) is 9.02. The normalized spacial score (nSPS) is 10.7. The van der Waals surface area contributed by atoms with Crippen LogP contribution >= 0.6 is 0 Å². The van der Waals surface area contributed by atoms with Crippen molar-refractivity contribution >= 4 is 39.7 Å². The van der Waals surface area contributed by atoms with Gasteiger partial charge in [-0.05, 0) is 44.0 Å². The maximum absolute atomic E-state index is 12.4. The van der Waals surface area contributed by atoms with Crippen molar-refractivity contribution in [3.63, 3.8) is 0 Å². The van der Waals surface area contributed by atoms with Gasteiger partial charge in [0.2, 0.25) is 6.41 Å². The molecule has 173 valence electrons. The molecule has 0 fully saturated rings. The molecule has 0 aliphatic carbocycles. The molecule has 5 nitrogen and oxygen atoms in total. The van der Waals surface area contributed by atoms with Gasteiger partial charge in [-0.3, -0.25) is 14.6 Å². The van der Waals surface area contributed by atoms with Crippen LogP contribution in [0.25, 0.3) is 21.8 Å². The van der Waals surface area contributed by atoms with Gasteiger partial charge in [0, 0.05) is 44.9 Å². The summed E-state index contributed by atoms with van der Waals surface area (Å²) in [6.45, 7) is 11.7. The van der Waals surface area contributed by atoms with Crippen LogP contribution in [0.5, 0.6) is 0 Å². The first-order chi connectivity index (χ1) is 15.1. The fourth-order valence-corrected chi connectivity index (χ4v) is 3.70. The van der Waals surface area contributed by atoms with E-state index in [1.54, 1.807) is 12.3 Å². The van der Waals surface area contributed by atoms with E-state index in [9.17, 15) is 9.59 Å². The van der Waals surface area contributed by atoms with Crippen LogP contribution in [0.1, 0.15) is 48.0 Å². The third-order valence-electron chi connectivity index (χ3n) is 5.23. The molecular weight excluding hydrogens is 457 g/mol. The van der Waals surface area contributed by atoms with Gasteiger partial charge in [0.25, 0.3) is 0 Å². The third kappa shape index (κ3) is 6.03. The van der Waals surface area contributed by atoms with Gasteiger partial charge in [0.15, 0.2) is 5.78 Å². The Morgan fingerprint density at radius 1 is 0.909 bits per heavy atom. The number of carbonyl (C=O) groups excluding carboxylic acids is 2. The predicted octanol–water partition coefficient (Wildman–Crippen LogP) is 6.19. The largest absolute Gasteiger partial charge is 0.328 e. The number of ketones is 1. The molecule has 0 aliphatic rings. The van der Waals surface area contributed by atoms with Gasteiger partial charge in [-0.1, -0.05) is 62.7 Å². The molecular formula is C27H29CoN3O2. The molecule has 2 aromatic heterocycles. The van der Waals surface area contributed by atoms with Crippen molar-refractivity contribution in [1.29, 1.82) is 0 Å².